The van der Waals surface area contributed by atoms with E-state index < -0.39 is 0 Å². The highest BCUT2D eigenvalue weighted by Crippen LogP contribution is 2.15. The number of nitrogens with zero attached hydrogens (tertiary/aromatic N) is 1. The van der Waals surface area contributed by atoms with Gasteiger partial charge in [-0.1, -0.05) is 109 Å². The minimum Gasteiger partial charge on any atom is -0.465 e. The molecule has 0 aliphatic carbocycles. The SMILES string of the molecule is CCCCCCCCCCCCCCCCCC(=O)c1ccn(Cc2ccc(C(=O)OC)cc2)c1. The molecule has 0 saturated carbocycles. The summed E-state index contributed by atoms with van der Waals surface area (Å²) in [5, 5.41) is 0. The number of unbranched alkanes of at least 4 members (excludes halogenated alkanes) is 14. The minimum absolute atomic E-state index is 0.236. The fraction of sp³-hybridized carbons (Fsp3) is 0.613. The Morgan fingerprint density at radius 3 is 1.71 bits per heavy atom. The van der Waals surface area contributed by atoms with Crippen LogP contribution >= 0.6 is 0 Å². The number of hydrogen-bond donors (Lipinski definition) is 0. The van der Waals surface area contributed by atoms with Gasteiger partial charge in [-0.15, -0.1) is 0 Å². The van der Waals surface area contributed by atoms with Crippen molar-refractivity contribution in [1.82, 2.24) is 4.57 Å². The van der Waals surface area contributed by atoms with E-state index in [0.29, 0.717) is 18.5 Å². The lowest BCUT2D eigenvalue weighted by Crippen LogP contribution is -2.02. The molecule has 0 N–H and O–H groups in total. The number of Topliss-reactive ketones (excluding diaryl/α,β-unsaturated/α-hetero) is 1. The molecular formula is C31H47NO3. The number of esters is 1. The molecule has 35 heavy (non-hydrogen) atoms. The van der Waals surface area contributed by atoms with Crippen LogP contribution in [-0.2, 0) is 11.3 Å². The smallest absolute Gasteiger partial charge is 0.337 e. The van der Waals surface area contributed by atoms with Crippen LogP contribution in [0.3, 0.4) is 0 Å². The first kappa shape index (κ1) is 28.9. The molecule has 4 nitrogen and oxygen atoms in total. The number of hydrogen-bond acceptors (Lipinski definition) is 3. The van der Waals surface area contributed by atoms with Crippen molar-refractivity contribution in [3.8, 4) is 0 Å². The summed E-state index contributed by atoms with van der Waals surface area (Å²) in [5.41, 5.74) is 2.42. The molecule has 194 valence electrons. The molecule has 2 rings (SSSR count). The van der Waals surface area contributed by atoms with E-state index in [9.17, 15) is 9.59 Å². The molecule has 0 aliphatic heterocycles. The number of methoxy groups -OCH3 is 1. The third-order valence-corrected chi connectivity index (χ3v) is 6.82. The second-order valence-electron chi connectivity index (χ2n) is 9.88. The average Bonchev–Trinajstić information content (AvgIpc) is 3.35. The van der Waals surface area contributed by atoms with Crippen LogP contribution in [0.15, 0.2) is 42.7 Å². The van der Waals surface area contributed by atoms with Crippen LogP contribution in [0.2, 0.25) is 0 Å². The Hall–Kier alpha value is -2.36. The number of ketones is 1. The topological polar surface area (TPSA) is 48.3 Å². The summed E-state index contributed by atoms with van der Waals surface area (Å²) in [6.07, 6.45) is 24.5. The van der Waals surface area contributed by atoms with Crippen LogP contribution in [0.1, 0.15) is 136 Å². The molecule has 0 bridgehead atoms. The summed E-state index contributed by atoms with van der Waals surface area (Å²) in [4.78, 5) is 24.1. The van der Waals surface area contributed by atoms with Crippen LogP contribution in [0.25, 0.3) is 0 Å². The van der Waals surface area contributed by atoms with Crippen molar-refractivity contribution >= 4 is 11.8 Å². The van der Waals surface area contributed by atoms with E-state index in [0.717, 1.165) is 24.0 Å². The molecule has 0 saturated heterocycles. The van der Waals surface area contributed by atoms with Gasteiger partial charge in [-0.3, -0.25) is 4.79 Å². The number of rotatable bonds is 20. The van der Waals surface area contributed by atoms with Crippen molar-refractivity contribution in [2.75, 3.05) is 7.11 Å². The predicted molar refractivity (Wildman–Crippen MR) is 145 cm³/mol. The van der Waals surface area contributed by atoms with Gasteiger partial charge in [0.15, 0.2) is 5.78 Å². The van der Waals surface area contributed by atoms with Crippen LogP contribution in [0.4, 0.5) is 0 Å². The predicted octanol–water partition coefficient (Wildman–Crippen LogP) is 8.77. The maximum atomic E-state index is 12.5. The first-order valence-corrected chi connectivity index (χ1v) is 14.0. The van der Waals surface area contributed by atoms with Crippen LogP contribution in [-0.4, -0.2) is 23.4 Å². The molecule has 0 radical (unpaired) electrons. The van der Waals surface area contributed by atoms with E-state index in [-0.39, 0.29) is 11.8 Å². The summed E-state index contributed by atoms with van der Waals surface area (Å²) in [6, 6.07) is 9.30. The van der Waals surface area contributed by atoms with Crippen molar-refractivity contribution in [2.24, 2.45) is 0 Å². The van der Waals surface area contributed by atoms with Gasteiger partial charge in [-0.2, -0.15) is 0 Å². The van der Waals surface area contributed by atoms with E-state index >= 15 is 0 Å². The molecule has 1 aromatic carbocycles. The number of ether oxygens (including phenoxy) is 1. The number of carbonyl (C=O) groups excluding carboxylic acids is 2. The van der Waals surface area contributed by atoms with Crippen LogP contribution < -0.4 is 0 Å². The standard InChI is InChI=1S/C31H47NO3/c1-3-4-5-6-7-8-9-10-11-12-13-14-15-16-17-18-30(33)29-23-24-32(26-29)25-27-19-21-28(22-20-27)31(34)35-2/h19-24,26H,3-18,25H2,1-2H3. The molecule has 1 heterocycles. The Balaban J connectivity index is 1.49. The second-order valence-corrected chi connectivity index (χ2v) is 9.88. The van der Waals surface area contributed by atoms with Crippen LogP contribution in [0.5, 0.6) is 0 Å². The Morgan fingerprint density at radius 1 is 0.686 bits per heavy atom. The lowest BCUT2D eigenvalue weighted by Gasteiger charge is -2.05. The highest BCUT2D eigenvalue weighted by atomic mass is 16.5. The van der Waals surface area contributed by atoms with Gasteiger partial charge in [0.2, 0.25) is 0 Å². The third kappa shape index (κ3) is 12.2. The molecule has 4 heteroatoms. The Morgan fingerprint density at radius 2 is 1.20 bits per heavy atom. The monoisotopic (exact) mass is 481 g/mol. The summed E-state index contributed by atoms with van der Waals surface area (Å²) < 4.78 is 6.76. The van der Waals surface area contributed by atoms with E-state index in [4.69, 9.17) is 4.74 Å². The molecular weight excluding hydrogens is 434 g/mol. The van der Waals surface area contributed by atoms with Crippen LogP contribution in [0, 0.1) is 0 Å². The van der Waals surface area contributed by atoms with Crippen molar-refractivity contribution in [3.05, 3.63) is 59.4 Å². The summed E-state index contributed by atoms with van der Waals surface area (Å²) in [6.45, 7) is 2.95. The Bertz CT molecular complexity index is 837. The highest BCUT2D eigenvalue weighted by molar-refractivity contribution is 5.95. The van der Waals surface area contributed by atoms with E-state index in [2.05, 4.69) is 6.92 Å². The number of carbonyl (C=O) groups is 2. The minimum atomic E-state index is -0.329. The molecule has 1 aromatic heterocycles. The number of aromatic nitrogens is 1. The molecule has 0 aliphatic rings. The maximum absolute atomic E-state index is 12.5. The van der Waals surface area contributed by atoms with Gasteiger partial charge in [0.25, 0.3) is 0 Å². The molecule has 0 spiro atoms. The van der Waals surface area contributed by atoms with Crippen molar-refractivity contribution in [1.29, 1.82) is 0 Å². The lowest BCUT2D eigenvalue weighted by molar-refractivity contribution is 0.0600. The fourth-order valence-electron chi connectivity index (χ4n) is 4.58. The fourth-order valence-corrected chi connectivity index (χ4v) is 4.58. The zero-order valence-corrected chi connectivity index (χ0v) is 22.2. The van der Waals surface area contributed by atoms with Crippen molar-refractivity contribution < 1.29 is 14.3 Å². The van der Waals surface area contributed by atoms with Gasteiger partial charge in [-0.05, 0) is 30.2 Å². The third-order valence-electron chi connectivity index (χ3n) is 6.82. The van der Waals surface area contributed by atoms with Gasteiger partial charge in [0.1, 0.15) is 0 Å². The summed E-state index contributed by atoms with van der Waals surface area (Å²) in [7, 11) is 1.38. The largest absolute Gasteiger partial charge is 0.465 e. The summed E-state index contributed by atoms with van der Waals surface area (Å²) in [5.74, 6) is -0.0938. The molecule has 2 aromatic rings. The molecule has 0 fully saturated rings. The maximum Gasteiger partial charge on any atom is 0.337 e. The first-order chi connectivity index (χ1) is 17.1. The van der Waals surface area contributed by atoms with Gasteiger partial charge in [0, 0.05) is 30.9 Å². The van der Waals surface area contributed by atoms with Gasteiger partial charge in [0.05, 0.1) is 12.7 Å². The molecule has 0 unspecified atom stereocenters. The van der Waals surface area contributed by atoms with Crippen molar-refractivity contribution in [2.45, 2.75) is 116 Å². The van der Waals surface area contributed by atoms with E-state index in [1.54, 1.807) is 12.1 Å². The number of benzene rings is 1. The quantitative estimate of drug-likeness (QED) is 0.108. The lowest BCUT2D eigenvalue weighted by atomic mass is 10.0. The van der Waals surface area contributed by atoms with Gasteiger partial charge >= 0.3 is 5.97 Å². The van der Waals surface area contributed by atoms with Gasteiger partial charge in [-0.25, -0.2) is 4.79 Å². The normalized spacial score (nSPS) is 11.0. The van der Waals surface area contributed by atoms with Gasteiger partial charge < -0.3 is 9.30 Å². The zero-order chi connectivity index (χ0) is 25.1. The van der Waals surface area contributed by atoms with E-state index in [1.807, 2.05) is 35.2 Å². The highest BCUT2D eigenvalue weighted by Gasteiger charge is 2.09. The summed E-state index contributed by atoms with van der Waals surface area (Å²) >= 11 is 0. The average molecular weight is 482 g/mol. The van der Waals surface area contributed by atoms with E-state index in [1.165, 1.54) is 90.6 Å². The Kier molecular flexibility index (Phi) is 14.8. The zero-order valence-electron chi connectivity index (χ0n) is 22.2. The molecule has 0 atom stereocenters. The Labute approximate surface area is 213 Å². The first-order valence-electron chi connectivity index (χ1n) is 14.0. The van der Waals surface area contributed by atoms with Crippen molar-refractivity contribution in [3.63, 3.8) is 0 Å². The molecule has 0 amide bonds. The second kappa shape index (κ2) is 18.0.